The SMILES string of the molecule is CCc1nc(CNc2c(Cl)cc(F)cc2Br)cs1. The summed E-state index contributed by atoms with van der Waals surface area (Å²) in [4.78, 5) is 4.44. The number of aromatic nitrogens is 1. The van der Waals surface area contributed by atoms with Crippen LogP contribution in [0.4, 0.5) is 10.1 Å². The Morgan fingerprint density at radius 1 is 1.50 bits per heavy atom. The Morgan fingerprint density at radius 3 is 2.89 bits per heavy atom. The number of nitrogens with zero attached hydrogens (tertiary/aromatic N) is 1. The molecule has 0 unspecified atom stereocenters. The number of benzene rings is 1. The summed E-state index contributed by atoms with van der Waals surface area (Å²) in [6.07, 6.45) is 0.936. The third kappa shape index (κ3) is 3.22. The van der Waals surface area contributed by atoms with Gasteiger partial charge in [0.1, 0.15) is 5.82 Å². The van der Waals surface area contributed by atoms with E-state index in [4.69, 9.17) is 11.6 Å². The molecule has 0 aliphatic heterocycles. The molecule has 1 aromatic carbocycles. The second-order valence-corrected chi connectivity index (χ2v) is 5.89. The Morgan fingerprint density at radius 2 is 2.28 bits per heavy atom. The Labute approximate surface area is 122 Å². The van der Waals surface area contributed by atoms with Gasteiger partial charge in [0.2, 0.25) is 0 Å². The van der Waals surface area contributed by atoms with Crippen LogP contribution in [0, 0.1) is 5.82 Å². The van der Waals surface area contributed by atoms with E-state index in [-0.39, 0.29) is 5.82 Å². The van der Waals surface area contributed by atoms with E-state index in [1.165, 1.54) is 12.1 Å². The van der Waals surface area contributed by atoms with Gasteiger partial charge in [-0.3, -0.25) is 0 Å². The van der Waals surface area contributed by atoms with Crippen LogP contribution in [0.2, 0.25) is 5.02 Å². The Kier molecular flexibility index (Phi) is 4.59. The summed E-state index contributed by atoms with van der Waals surface area (Å²) in [5, 5.41) is 6.63. The molecule has 2 aromatic rings. The van der Waals surface area contributed by atoms with Crippen molar-refractivity contribution >= 4 is 44.6 Å². The fourth-order valence-electron chi connectivity index (χ4n) is 1.48. The van der Waals surface area contributed by atoms with Crippen molar-refractivity contribution < 1.29 is 4.39 Å². The lowest BCUT2D eigenvalue weighted by molar-refractivity contribution is 0.627. The molecule has 0 amide bonds. The molecule has 96 valence electrons. The molecule has 0 fully saturated rings. The van der Waals surface area contributed by atoms with Crippen molar-refractivity contribution in [2.75, 3.05) is 5.32 Å². The first-order valence-corrected chi connectivity index (χ1v) is 7.47. The molecule has 6 heteroatoms. The Balaban J connectivity index is 2.10. The lowest BCUT2D eigenvalue weighted by Gasteiger charge is -2.09. The van der Waals surface area contributed by atoms with E-state index in [1.54, 1.807) is 11.3 Å². The standard InChI is InChI=1S/C12H11BrClFN2S/c1-2-11-17-8(6-18-11)5-16-12-9(13)3-7(15)4-10(12)14/h3-4,6,16H,2,5H2,1H3. The first-order chi connectivity index (χ1) is 8.60. The summed E-state index contributed by atoms with van der Waals surface area (Å²) < 4.78 is 13.7. The van der Waals surface area contributed by atoms with E-state index in [2.05, 4.69) is 33.2 Å². The van der Waals surface area contributed by atoms with Crippen molar-refractivity contribution in [2.45, 2.75) is 19.9 Å². The van der Waals surface area contributed by atoms with Crippen molar-refractivity contribution in [2.24, 2.45) is 0 Å². The van der Waals surface area contributed by atoms with Gasteiger partial charge in [0.05, 0.1) is 28.0 Å². The monoisotopic (exact) mass is 348 g/mol. The minimum atomic E-state index is -0.362. The molecule has 0 aliphatic carbocycles. The topological polar surface area (TPSA) is 24.9 Å². The number of anilines is 1. The van der Waals surface area contributed by atoms with Gasteiger partial charge in [-0.25, -0.2) is 9.37 Å². The third-order valence-corrected chi connectivity index (χ3v) is 4.32. The first-order valence-electron chi connectivity index (χ1n) is 5.42. The van der Waals surface area contributed by atoms with Crippen molar-refractivity contribution in [1.82, 2.24) is 4.98 Å². The molecule has 0 atom stereocenters. The molecule has 2 rings (SSSR count). The highest BCUT2D eigenvalue weighted by atomic mass is 79.9. The number of rotatable bonds is 4. The van der Waals surface area contributed by atoms with Crippen LogP contribution in [-0.2, 0) is 13.0 Å². The molecule has 0 aliphatic rings. The smallest absolute Gasteiger partial charge is 0.125 e. The zero-order valence-corrected chi connectivity index (χ0v) is 12.8. The fourth-order valence-corrected chi connectivity index (χ4v) is 3.19. The number of nitrogens with one attached hydrogen (secondary N) is 1. The van der Waals surface area contributed by atoms with Crippen molar-refractivity contribution in [1.29, 1.82) is 0 Å². The summed E-state index contributed by atoms with van der Waals surface area (Å²) in [6, 6.07) is 2.67. The van der Waals surface area contributed by atoms with Crippen LogP contribution in [0.1, 0.15) is 17.6 Å². The van der Waals surface area contributed by atoms with Gasteiger partial charge in [-0.1, -0.05) is 18.5 Å². The number of hydrogen-bond acceptors (Lipinski definition) is 3. The molecule has 1 N–H and O–H groups in total. The lowest BCUT2D eigenvalue weighted by Crippen LogP contribution is -2.01. The average Bonchev–Trinajstić information content (AvgIpc) is 2.75. The summed E-state index contributed by atoms with van der Waals surface area (Å²) in [5.41, 5.74) is 1.65. The van der Waals surface area contributed by atoms with E-state index < -0.39 is 0 Å². The van der Waals surface area contributed by atoms with Crippen molar-refractivity contribution in [3.8, 4) is 0 Å². The summed E-state index contributed by atoms with van der Waals surface area (Å²) in [7, 11) is 0. The lowest BCUT2D eigenvalue weighted by atomic mass is 10.3. The predicted octanol–water partition coefficient (Wildman–Crippen LogP) is 4.87. The molecule has 0 saturated carbocycles. The Bertz CT molecular complexity index is 536. The second kappa shape index (κ2) is 5.99. The number of aryl methyl sites for hydroxylation is 1. The highest BCUT2D eigenvalue weighted by molar-refractivity contribution is 9.10. The molecule has 0 spiro atoms. The van der Waals surface area contributed by atoms with E-state index in [0.717, 1.165) is 17.1 Å². The predicted molar refractivity (Wildman–Crippen MR) is 77.9 cm³/mol. The van der Waals surface area contributed by atoms with Gasteiger partial charge in [0.15, 0.2) is 0 Å². The molecule has 0 saturated heterocycles. The average molecular weight is 350 g/mol. The maximum absolute atomic E-state index is 13.1. The van der Waals surface area contributed by atoms with E-state index in [9.17, 15) is 4.39 Å². The third-order valence-electron chi connectivity index (χ3n) is 2.35. The highest BCUT2D eigenvalue weighted by Crippen LogP contribution is 2.32. The molecule has 18 heavy (non-hydrogen) atoms. The minimum absolute atomic E-state index is 0.354. The van der Waals surface area contributed by atoms with Gasteiger partial charge >= 0.3 is 0 Å². The van der Waals surface area contributed by atoms with Crippen LogP contribution in [0.3, 0.4) is 0 Å². The quantitative estimate of drug-likeness (QED) is 0.851. The van der Waals surface area contributed by atoms with E-state index in [0.29, 0.717) is 21.7 Å². The van der Waals surface area contributed by atoms with Crippen LogP contribution >= 0.6 is 38.9 Å². The van der Waals surface area contributed by atoms with Crippen LogP contribution in [0.25, 0.3) is 0 Å². The number of halogens is 3. The van der Waals surface area contributed by atoms with Gasteiger partial charge < -0.3 is 5.32 Å². The second-order valence-electron chi connectivity index (χ2n) is 3.68. The maximum Gasteiger partial charge on any atom is 0.125 e. The highest BCUT2D eigenvalue weighted by Gasteiger charge is 2.08. The van der Waals surface area contributed by atoms with Crippen molar-refractivity contribution in [3.05, 3.63) is 43.5 Å². The molecule has 0 bridgehead atoms. The molecule has 2 nitrogen and oxygen atoms in total. The van der Waals surface area contributed by atoms with Crippen LogP contribution in [0.5, 0.6) is 0 Å². The largest absolute Gasteiger partial charge is 0.377 e. The van der Waals surface area contributed by atoms with Gasteiger partial charge in [-0.05, 0) is 34.5 Å². The zero-order chi connectivity index (χ0) is 13.1. The van der Waals surface area contributed by atoms with Crippen molar-refractivity contribution in [3.63, 3.8) is 0 Å². The van der Waals surface area contributed by atoms with Crippen LogP contribution in [-0.4, -0.2) is 4.98 Å². The molecular weight excluding hydrogens is 339 g/mol. The number of thiazole rings is 1. The van der Waals surface area contributed by atoms with Gasteiger partial charge in [0.25, 0.3) is 0 Å². The van der Waals surface area contributed by atoms with E-state index in [1.807, 2.05) is 5.38 Å². The molecule has 1 heterocycles. The maximum atomic E-state index is 13.1. The molecule has 1 aromatic heterocycles. The molecule has 0 radical (unpaired) electrons. The van der Waals surface area contributed by atoms with Crippen LogP contribution in [0.15, 0.2) is 22.0 Å². The molecular formula is C12H11BrClFN2S. The van der Waals surface area contributed by atoms with Gasteiger partial charge in [-0.2, -0.15) is 0 Å². The summed E-state index contributed by atoms with van der Waals surface area (Å²) >= 11 is 10.9. The first kappa shape index (κ1) is 13.8. The Hall–Kier alpha value is -0.650. The summed E-state index contributed by atoms with van der Waals surface area (Å²) in [5.74, 6) is -0.362. The van der Waals surface area contributed by atoms with Gasteiger partial charge in [-0.15, -0.1) is 11.3 Å². The number of hydrogen-bond donors (Lipinski definition) is 1. The normalized spacial score (nSPS) is 10.7. The van der Waals surface area contributed by atoms with Gasteiger partial charge in [0, 0.05) is 9.85 Å². The van der Waals surface area contributed by atoms with E-state index >= 15 is 0 Å². The summed E-state index contributed by atoms with van der Waals surface area (Å²) in [6.45, 7) is 2.64. The van der Waals surface area contributed by atoms with Crippen LogP contribution < -0.4 is 5.32 Å². The minimum Gasteiger partial charge on any atom is -0.377 e. The zero-order valence-electron chi connectivity index (χ0n) is 9.64. The fraction of sp³-hybridized carbons (Fsp3) is 0.250.